The minimum Gasteiger partial charge on any atom is -0.477 e. The summed E-state index contributed by atoms with van der Waals surface area (Å²) in [5, 5.41) is 8.90. The molecule has 1 amide bonds. The zero-order chi connectivity index (χ0) is 15.9. The van der Waals surface area contributed by atoms with Crippen molar-refractivity contribution in [3.05, 3.63) is 58.9 Å². The Bertz CT molecular complexity index is 792. The molecule has 112 valence electrons. The standard InChI is InChI=1S/C15H10F2N2O3/c16-9-6-8-4-5-19(13(8)10(17)7-9)14(20)11-2-1-3-12(18-11)15(21)22/h1-3,6-7H,4-5H2,(H,21,22). The fraction of sp³-hybridized carbons (Fsp3) is 0.133. The molecule has 1 aromatic heterocycles. The van der Waals surface area contributed by atoms with Crippen LogP contribution in [0.25, 0.3) is 0 Å². The van der Waals surface area contributed by atoms with Crippen LogP contribution in [-0.4, -0.2) is 28.5 Å². The highest BCUT2D eigenvalue weighted by molar-refractivity contribution is 6.06. The molecule has 0 aliphatic carbocycles. The van der Waals surface area contributed by atoms with Crippen molar-refractivity contribution >= 4 is 17.6 Å². The van der Waals surface area contributed by atoms with E-state index in [2.05, 4.69) is 4.98 Å². The fourth-order valence-electron chi connectivity index (χ4n) is 2.47. The first-order valence-corrected chi connectivity index (χ1v) is 6.47. The summed E-state index contributed by atoms with van der Waals surface area (Å²) in [6.45, 7) is 0.188. The summed E-state index contributed by atoms with van der Waals surface area (Å²) in [5.41, 5.74) is 0.0514. The Morgan fingerprint density at radius 2 is 1.91 bits per heavy atom. The van der Waals surface area contributed by atoms with Gasteiger partial charge in [-0.05, 0) is 30.2 Å². The summed E-state index contributed by atoms with van der Waals surface area (Å²) < 4.78 is 27.1. The molecule has 0 spiro atoms. The number of aromatic nitrogens is 1. The molecule has 2 heterocycles. The van der Waals surface area contributed by atoms with E-state index in [9.17, 15) is 18.4 Å². The van der Waals surface area contributed by atoms with Crippen molar-refractivity contribution in [2.45, 2.75) is 6.42 Å². The van der Waals surface area contributed by atoms with Crippen molar-refractivity contribution in [3.8, 4) is 0 Å². The Labute approximate surface area is 123 Å². The molecule has 0 atom stereocenters. The number of fused-ring (bicyclic) bond motifs is 1. The topological polar surface area (TPSA) is 70.5 Å². The summed E-state index contributed by atoms with van der Waals surface area (Å²) in [6.07, 6.45) is 0.328. The van der Waals surface area contributed by atoms with Gasteiger partial charge in [-0.25, -0.2) is 18.6 Å². The molecular weight excluding hydrogens is 294 g/mol. The first-order valence-electron chi connectivity index (χ1n) is 6.47. The molecular formula is C15H10F2N2O3. The number of nitrogens with zero attached hydrogens (tertiary/aromatic N) is 2. The highest BCUT2D eigenvalue weighted by Gasteiger charge is 2.30. The Morgan fingerprint density at radius 1 is 1.18 bits per heavy atom. The quantitative estimate of drug-likeness (QED) is 0.924. The maximum Gasteiger partial charge on any atom is 0.354 e. The van der Waals surface area contributed by atoms with E-state index < -0.39 is 23.5 Å². The number of hydrogen-bond donors (Lipinski definition) is 1. The average Bonchev–Trinajstić information content (AvgIpc) is 2.90. The van der Waals surface area contributed by atoms with Crippen LogP contribution < -0.4 is 4.90 Å². The Kier molecular flexibility index (Phi) is 3.32. The molecule has 22 heavy (non-hydrogen) atoms. The second-order valence-electron chi connectivity index (χ2n) is 4.82. The summed E-state index contributed by atoms with van der Waals surface area (Å²) in [4.78, 5) is 28.2. The normalized spacial score (nSPS) is 13.1. The van der Waals surface area contributed by atoms with E-state index in [0.29, 0.717) is 18.1 Å². The molecule has 5 nitrogen and oxygen atoms in total. The molecule has 1 N–H and O–H groups in total. The minimum atomic E-state index is -1.26. The van der Waals surface area contributed by atoms with Crippen LogP contribution in [0.3, 0.4) is 0 Å². The summed E-state index contributed by atoms with van der Waals surface area (Å²) in [7, 11) is 0. The highest BCUT2D eigenvalue weighted by atomic mass is 19.1. The van der Waals surface area contributed by atoms with Crippen molar-refractivity contribution in [2.75, 3.05) is 11.4 Å². The third kappa shape index (κ3) is 2.30. The number of hydrogen-bond acceptors (Lipinski definition) is 3. The lowest BCUT2D eigenvalue weighted by Gasteiger charge is -2.17. The van der Waals surface area contributed by atoms with Gasteiger partial charge in [-0.3, -0.25) is 4.79 Å². The zero-order valence-corrected chi connectivity index (χ0v) is 11.2. The predicted octanol–water partition coefficient (Wildman–Crippen LogP) is 2.26. The van der Waals surface area contributed by atoms with Gasteiger partial charge in [0.05, 0.1) is 5.69 Å². The Balaban J connectivity index is 1.99. The predicted molar refractivity (Wildman–Crippen MR) is 72.9 cm³/mol. The molecule has 0 saturated heterocycles. The Hall–Kier alpha value is -2.83. The van der Waals surface area contributed by atoms with Crippen LogP contribution in [0.5, 0.6) is 0 Å². The van der Waals surface area contributed by atoms with E-state index in [1.807, 2.05) is 0 Å². The van der Waals surface area contributed by atoms with E-state index in [4.69, 9.17) is 5.11 Å². The monoisotopic (exact) mass is 304 g/mol. The lowest BCUT2D eigenvalue weighted by Crippen LogP contribution is -2.30. The number of carboxylic acid groups (broad SMARTS) is 1. The number of carboxylic acids is 1. The second-order valence-corrected chi connectivity index (χ2v) is 4.82. The summed E-state index contributed by atoms with van der Waals surface area (Å²) in [5.74, 6) is -3.40. The van der Waals surface area contributed by atoms with Gasteiger partial charge in [-0.15, -0.1) is 0 Å². The number of benzene rings is 1. The van der Waals surface area contributed by atoms with E-state index in [1.165, 1.54) is 24.3 Å². The number of anilines is 1. The van der Waals surface area contributed by atoms with Gasteiger partial charge in [-0.1, -0.05) is 6.07 Å². The van der Waals surface area contributed by atoms with Crippen LogP contribution in [0.2, 0.25) is 0 Å². The van der Waals surface area contributed by atoms with Gasteiger partial charge in [0.2, 0.25) is 0 Å². The third-order valence-corrected chi connectivity index (χ3v) is 3.41. The highest BCUT2D eigenvalue weighted by Crippen LogP contribution is 2.32. The molecule has 0 radical (unpaired) electrons. The molecule has 0 unspecified atom stereocenters. The number of carbonyl (C=O) groups is 2. The van der Waals surface area contributed by atoms with Gasteiger partial charge in [0.25, 0.3) is 5.91 Å². The summed E-state index contributed by atoms with van der Waals surface area (Å²) >= 11 is 0. The Morgan fingerprint density at radius 3 is 2.64 bits per heavy atom. The van der Waals surface area contributed by atoms with Crippen molar-refractivity contribution in [1.29, 1.82) is 0 Å². The number of rotatable bonds is 2. The van der Waals surface area contributed by atoms with E-state index in [1.54, 1.807) is 0 Å². The van der Waals surface area contributed by atoms with Gasteiger partial charge in [0, 0.05) is 12.6 Å². The molecule has 0 saturated carbocycles. The van der Waals surface area contributed by atoms with Crippen molar-refractivity contribution < 1.29 is 23.5 Å². The molecule has 3 rings (SSSR count). The van der Waals surface area contributed by atoms with Gasteiger partial charge < -0.3 is 10.0 Å². The van der Waals surface area contributed by atoms with Crippen molar-refractivity contribution in [3.63, 3.8) is 0 Å². The van der Waals surface area contributed by atoms with Crippen LogP contribution in [0, 0.1) is 11.6 Å². The number of carbonyl (C=O) groups excluding carboxylic acids is 1. The number of halogens is 2. The fourth-order valence-corrected chi connectivity index (χ4v) is 2.47. The van der Waals surface area contributed by atoms with Crippen LogP contribution in [0.1, 0.15) is 26.5 Å². The van der Waals surface area contributed by atoms with Crippen LogP contribution >= 0.6 is 0 Å². The molecule has 1 aliphatic heterocycles. The van der Waals surface area contributed by atoms with Crippen LogP contribution in [0.4, 0.5) is 14.5 Å². The largest absolute Gasteiger partial charge is 0.477 e. The maximum atomic E-state index is 13.9. The second kappa shape index (κ2) is 5.18. The van der Waals surface area contributed by atoms with Gasteiger partial charge in [0.1, 0.15) is 23.0 Å². The average molecular weight is 304 g/mol. The molecule has 2 aromatic rings. The van der Waals surface area contributed by atoms with Crippen molar-refractivity contribution in [1.82, 2.24) is 4.98 Å². The maximum absolute atomic E-state index is 13.9. The molecule has 0 fully saturated rings. The minimum absolute atomic E-state index is 0.0222. The lowest BCUT2D eigenvalue weighted by atomic mass is 10.1. The zero-order valence-electron chi connectivity index (χ0n) is 11.2. The lowest BCUT2D eigenvalue weighted by molar-refractivity contribution is 0.0690. The van der Waals surface area contributed by atoms with Gasteiger partial charge in [0.15, 0.2) is 0 Å². The SMILES string of the molecule is O=C(O)c1cccc(C(=O)N2CCc3cc(F)cc(F)c32)n1. The summed E-state index contributed by atoms with van der Waals surface area (Å²) in [6, 6.07) is 5.90. The van der Waals surface area contributed by atoms with Crippen LogP contribution in [0.15, 0.2) is 30.3 Å². The molecule has 7 heteroatoms. The van der Waals surface area contributed by atoms with E-state index in [0.717, 1.165) is 4.90 Å². The number of aromatic carboxylic acids is 1. The molecule has 0 bridgehead atoms. The smallest absolute Gasteiger partial charge is 0.354 e. The molecule has 1 aromatic carbocycles. The molecule has 1 aliphatic rings. The number of pyridine rings is 1. The van der Waals surface area contributed by atoms with Gasteiger partial charge in [-0.2, -0.15) is 0 Å². The van der Waals surface area contributed by atoms with Crippen molar-refractivity contribution in [2.24, 2.45) is 0 Å². The van der Waals surface area contributed by atoms with E-state index in [-0.39, 0.29) is 23.6 Å². The van der Waals surface area contributed by atoms with Gasteiger partial charge >= 0.3 is 5.97 Å². The number of amides is 1. The first-order chi connectivity index (χ1) is 10.5. The van der Waals surface area contributed by atoms with Crippen LogP contribution in [-0.2, 0) is 6.42 Å². The third-order valence-electron chi connectivity index (χ3n) is 3.41. The van der Waals surface area contributed by atoms with E-state index >= 15 is 0 Å². The first kappa shape index (κ1) is 14.1.